The minimum atomic E-state index is -0.0499. The first-order chi connectivity index (χ1) is 11.7. The molecule has 2 N–H and O–H groups in total. The van der Waals surface area contributed by atoms with Gasteiger partial charge in [-0.3, -0.25) is 9.78 Å². The molecular formula is C18H24N4OS. The van der Waals surface area contributed by atoms with E-state index in [4.69, 9.17) is 0 Å². The third kappa shape index (κ3) is 4.61. The predicted molar refractivity (Wildman–Crippen MR) is 96.7 cm³/mol. The van der Waals surface area contributed by atoms with Gasteiger partial charge < -0.3 is 10.6 Å². The second-order valence-electron chi connectivity index (χ2n) is 6.33. The van der Waals surface area contributed by atoms with Crippen molar-refractivity contribution in [3.05, 3.63) is 34.9 Å². The Morgan fingerprint density at radius 1 is 1.38 bits per heavy atom. The van der Waals surface area contributed by atoms with Crippen LogP contribution in [0.25, 0.3) is 11.3 Å². The Bertz CT molecular complexity index is 652. The Morgan fingerprint density at radius 3 is 2.88 bits per heavy atom. The summed E-state index contributed by atoms with van der Waals surface area (Å²) in [5, 5.41) is 9.41. The van der Waals surface area contributed by atoms with Crippen molar-refractivity contribution in [3.63, 3.8) is 0 Å². The van der Waals surface area contributed by atoms with Crippen LogP contribution in [0, 0.1) is 5.92 Å². The highest BCUT2D eigenvalue weighted by atomic mass is 32.1. The average molecular weight is 344 g/mol. The summed E-state index contributed by atoms with van der Waals surface area (Å²) in [6.45, 7) is 4.16. The lowest BCUT2D eigenvalue weighted by molar-refractivity contribution is -0.122. The van der Waals surface area contributed by atoms with Gasteiger partial charge in [-0.1, -0.05) is 0 Å². The lowest BCUT2D eigenvalue weighted by atomic mass is 9.93. The number of hydrogen-bond donors (Lipinski definition) is 2. The number of thiazole rings is 1. The second kappa shape index (κ2) is 8.35. The molecule has 1 atom stereocenters. The zero-order valence-corrected chi connectivity index (χ0v) is 14.8. The fourth-order valence-electron chi connectivity index (χ4n) is 3.02. The maximum atomic E-state index is 12.2. The summed E-state index contributed by atoms with van der Waals surface area (Å²) < 4.78 is 0. The summed E-state index contributed by atoms with van der Waals surface area (Å²) in [4.78, 5) is 20.9. The van der Waals surface area contributed by atoms with E-state index in [-0.39, 0.29) is 11.9 Å². The highest BCUT2D eigenvalue weighted by Gasteiger charge is 2.17. The number of piperidine rings is 1. The molecular weight excluding hydrogens is 320 g/mol. The molecule has 0 radical (unpaired) electrons. The lowest BCUT2D eigenvalue weighted by Crippen LogP contribution is -2.30. The molecule has 1 aliphatic heterocycles. The molecule has 5 nitrogen and oxygen atoms in total. The van der Waals surface area contributed by atoms with E-state index in [9.17, 15) is 4.79 Å². The minimum Gasteiger partial charge on any atom is -0.347 e. The molecule has 128 valence electrons. The van der Waals surface area contributed by atoms with Crippen molar-refractivity contribution in [1.82, 2.24) is 20.6 Å². The first kappa shape index (κ1) is 17.0. The maximum absolute atomic E-state index is 12.2. The Hall–Kier alpha value is -1.79. The van der Waals surface area contributed by atoms with Crippen LogP contribution in [0.4, 0.5) is 0 Å². The summed E-state index contributed by atoms with van der Waals surface area (Å²) in [5.41, 5.74) is 1.99. The molecule has 0 spiro atoms. The van der Waals surface area contributed by atoms with E-state index in [1.165, 1.54) is 12.8 Å². The van der Waals surface area contributed by atoms with E-state index in [0.29, 0.717) is 12.3 Å². The van der Waals surface area contributed by atoms with Crippen LogP contribution in [-0.2, 0) is 4.79 Å². The quantitative estimate of drug-likeness (QED) is 0.845. The Kier molecular flexibility index (Phi) is 5.93. The number of rotatable bonds is 6. The van der Waals surface area contributed by atoms with E-state index in [1.54, 1.807) is 23.7 Å². The van der Waals surface area contributed by atoms with Crippen LogP contribution in [-0.4, -0.2) is 29.0 Å². The van der Waals surface area contributed by atoms with Crippen molar-refractivity contribution in [2.45, 2.75) is 38.6 Å². The summed E-state index contributed by atoms with van der Waals surface area (Å²) in [5.74, 6) is 0.812. The summed E-state index contributed by atoms with van der Waals surface area (Å²) in [7, 11) is 0. The van der Waals surface area contributed by atoms with Gasteiger partial charge in [0.05, 0.1) is 11.7 Å². The van der Waals surface area contributed by atoms with Crippen LogP contribution < -0.4 is 10.6 Å². The molecule has 3 rings (SSSR count). The monoisotopic (exact) mass is 344 g/mol. The summed E-state index contributed by atoms with van der Waals surface area (Å²) in [6.07, 6.45) is 7.49. The molecule has 1 amide bonds. The molecule has 2 aromatic heterocycles. The molecule has 0 saturated carbocycles. The van der Waals surface area contributed by atoms with Crippen molar-refractivity contribution in [2.24, 2.45) is 5.92 Å². The predicted octanol–water partition coefficient (Wildman–Crippen LogP) is 3.16. The molecule has 6 heteroatoms. The fraction of sp³-hybridized carbons (Fsp3) is 0.500. The minimum absolute atomic E-state index is 0.0499. The number of nitrogens with zero attached hydrogens (tertiary/aromatic N) is 2. The van der Waals surface area contributed by atoms with E-state index in [2.05, 4.69) is 20.6 Å². The molecule has 2 aromatic rings. The number of aromatic nitrogens is 2. The molecule has 1 fully saturated rings. The highest BCUT2D eigenvalue weighted by Crippen LogP contribution is 2.25. The highest BCUT2D eigenvalue weighted by molar-refractivity contribution is 7.10. The molecule has 0 aliphatic carbocycles. The van der Waals surface area contributed by atoms with Gasteiger partial charge in [-0.25, -0.2) is 4.98 Å². The average Bonchev–Trinajstić information content (AvgIpc) is 3.12. The lowest BCUT2D eigenvalue weighted by Gasteiger charge is -2.22. The smallest absolute Gasteiger partial charge is 0.220 e. The van der Waals surface area contributed by atoms with Crippen molar-refractivity contribution in [1.29, 1.82) is 0 Å². The molecule has 24 heavy (non-hydrogen) atoms. The third-order valence-electron chi connectivity index (χ3n) is 4.48. The zero-order valence-electron chi connectivity index (χ0n) is 14.0. The molecule has 0 aromatic carbocycles. The van der Waals surface area contributed by atoms with Gasteiger partial charge in [0, 0.05) is 29.8 Å². The molecule has 1 saturated heterocycles. The first-order valence-corrected chi connectivity index (χ1v) is 9.46. The number of amides is 1. The van der Waals surface area contributed by atoms with Crippen molar-refractivity contribution >= 4 is 17.2 Å². The molecule has 3 heterocycles. The molecule has 1 unspecified atom stereocenters. The number of carbonyl (C=O) groups excluding carboxylic acids is 1. The Balaban J connectivity index is 1.50. The molecule has 0 bridgehead atoms. The van der Waals surface area contributed by atoms with E-state index in [1.807, 2.05) is 24.4 Å². The van der Waals surface area contributed by atoms with Gasteiger partial charge in [0.1, 0.15) is 5.01 Å². The number of hydrogen-bond acceptors (Lipinski definition) is 5. The van der Waals surface area contributed by atoms with E-state index >= 15 is 0 Å². The van der Waals surface area contributed by atoms with Gasteiger partial charge in [0.2, 0.25) is 5.91 Å². The van der Waals surface area contributed by atoms with Crippen molar-refractivity contribution in [3.8, 4) is 11.3 Å². The standard InChI is InChI=1S/C18H24N4OS/c1-13(21-17(23)3-2-14-4-8-19-9-5-14)18-22-16(12-24-18)15-6-10-20-11-7-15/h6-7,10-14,19H,2-5,8-9H2,1H3,(H,21,23). The summed E-state index contributed by atoms with van der Waals surface area (Å²) >= 11 is 1.59. The van der Waals surface area contributed by atoms with E-state index < -0.39 is 0 Å². The maximum Gasteiger partial charge on any atom is 0.220 e. The van der Waals surface area contributed by atoms with Gasteiger partial charge in [0.25, 0.3) is 0 Å². The third-order valence-corrected chi connectivity index (χ3v) is 5.51. The number of nitrogens with one attached hydrogen (secondary N) is 2. The van der Waals surface area contributed by atoms with Gasteiger partial charge in [-0.15, -0.1) is 11.3 Å². The zero-order chi connectivity index (χ0) is 16.8. The normalized spacial score (nSPS) is 16.7. The summed E-state index contributed by atoms with van der Waals surface area (Å²) in [6, 6.07) is 3.84. The topological polar surface area (TPSA) is 66.9 Å². The van der Waals surface area contributed by atoms with Crippen LogP contribution in [0.2, 0.25) is 0 Å². The largest absolute Gasteiger partial charge is 0.347 e. The van der Waals surface area contributed by atoms with E-state index in [0.717, 1.165) is 35.8 Å². The van der Waals surface area contributed by atoms with Gasteiger partial charge in [0.15, 0.2) is 0 Å². The van der Waals surface area contributed by atoms with Gasteiger partial charge in [-0.2, -0.15) is 0 Å². The number of pyridine rings is 1. The fourth-order valence-corrected chi connectivity index (χ4v) is 3.86. The Morgan fingerprint density at radius 2 is 2.12 bits per heavy atom. The SMILES string of the molecule is CC(NC(=O)CCC1CCNCC1)c1nc(-c2ccncc2)cs1. The number of carbonyl (C=O) groups is 1. The van der Waals surface area contributed by atoms with Crippen LogP contribution in [0.3, 0.4) is 0 Å². The van der Waals surface area contributed by atoms with Crippen LogP contribution in [0.1, 0.15) is 43.7 Å². The second-order valence-corrected chi connectivity index (χ2v) is 7.22. The molecule has 1 aliphatic rings. The van der Waals surface area contributed by atoms with Gasteiger partial charge in [-0.05, 0) is 57.3 Å². The van der Waals surface area contributed by atoms with Crippen LogP contribution >= 0.6 is 11.3 Å². The first-order valence-electron chi connectivity index (χ1n) is 8.58. The van der Waals surface area contributed by atoms with Gasteiger partial charge >= 0.3 is 0 Å². The van der Waals surface area contributed by atoms with Crippen molar-refractivity contribution < 1.29 is 4.79 Å². The van der Waals surface area contributed by atoms with Crippen molar-refractivity contribution in [2.75, 3.05) is 13.1 Å². The van der Waals surface area contributed by atoms with Crippen LogP contribution in [0.15, 0.2) is 29.9 Å². The Labute approximate surface area is 146 Å². The van der Waals surface area contributed by atoms with Crippen LogP contribution in [0.5, 0.6) is 0 Å².